The van der Waals surface area contributed by atoms with E-state index in [-0.39, 0.29) is 23.9 Å². The predicted molar refractivity (Wildman–Crippen MR) is 98.3 cm³/mol. The molecule has 132 valence electrons. The molecular formula is C17H21ClN6O. The fourth-order valence-electron chi connectivity index (χ4n) is 3.14. The van der Waals surface area contributed by atoms with Gasteiger partial charge < -0.3 is 10.3 Å². The van der Waals surface area contributed by atoms with Crippen molar-refractivity contribution in [1.29, 1.82) is 0 Å². The summed E-state index contributed by atoms with van der Waals surface area (Å²) in [5, 5.41) is 11.5. The molecule has 1 aromatic carbocycles. The van der Waals surface area contributed by atoms with Crippen molar-refractivity contribution in [1.82, 2.24) is 30.3 Å². The number of aromatic amines is 1. The highest BCUT2D eigenvalue weighted by molar-refractivity contribution is 5.85. The number of halogens is 1. The number of hydrogen-bond acceptors (Lipinski definition) is 5. The zero-order chi connectivity index (χ0) is 16.5. The van der Waals surface area contributed by atoms with Crippen molar-refractivity contribution in [2.45, 2.75) is 32.2 Å². The van der Waals surface area contributed by atoms with Crippen LogP contribution in [0.5, 0.6) is 0 Å². The highest BCUT2D eigenvalue weighted by Gasteiger charge is 2.20. The van der Waals surface area contributed by atoms with Crippen molar-refractivity contribution in [2.75, 3.05) is 13.1 Å². The Morgan fingerprint density at radius 3 is 2.64 bits per heavy atom. The minimum Gasteiger partial charge on any atom is -0.317 e. The lowest BCUT2D eigenvalue weighted by Gasteiger charge is -2.21. The van der Waals surface area contributed by atoms with Crippen molar-refractivity contribution in [3.63, 3.8) is 0 Å². The average molecular weight is 361 g/mol. The Morgan fingerprint density at radius 1 is 1.20 bits per heavy atom. The van der Waals surface area contributed by atoms with E-state index in [1.54, 1.807) is 4.68 Å². The molecule has 8 heteroatoms. The lowest BCUT2D eigenvalue weighted by Crippen LogP contribution is -2.28. The van der Waals surface area contributed by atoms with E-state index < -0.39 is 0 Å². The van der Waals surface area contributed by atoms with Crippen LogP contribution in [-0.4, -0.2) is 38.1 Å². The Morgan fingerprint density at radius 2 is 1.92 bits per heavy atom. The van der Waals surface area contributed by atoms with Crippen LogP contribution in [0.15, 0.2) is 29.1 Å². The third kappa shape index (κ3) is 3.57. The van der Waals surface area contributed by atoms with Gasteiger partial charge in [0.05, 0.1) is 6.54 Å². The molecule has 3 heterocycles. The largest absolute Gasteiger partial charge is 0.317 e. The molecule has 1 saturated heterocycles. The number of nitrogens with zero attached hydrogens (tertiary/aromatic N) is 4. The van der Waals surface area contributed by atoms with Crippen molar-refractivity contribution >= 4 is 23.6 Å². The Kier molecular flexibility index (Phi) is 5.15. The molecule has 3 aromatic rings. The number of nitrogens with one attached hydrogen (secondary N) is 2. The normalized spacial score (nSPS) is 15.2. The average Bonchev–Trinajstić information content (AvgIpc) is 3.01. The van der Waals surface area contributed by atoms with Gasteiger partial charge in [-0.25, -0.2) is 9.67 Å². The number of fused-ring (bicyclic) bond motifs is 1. The number of aryl methyl sites for hydroxylation is 1. The van der Waals surface area contributed by atoms with Crippen molar-refractivity contribution in [3.8, 4) is 0 Å². The Labute approximate surface area is 151 Å². The van der Waals surface area contributed by atoms with Crippen LogP contribution in [0, 0.1) is 6.92 Å². The van der Waals surface area contributed by atoms with Crippen molar-refractivity contribution < 1.29 is 0 Å². The maximum absolute atomic E-state index is 12.3. The molecule has 0 aliphatic carbocycles. The van der Waals surface area contributed by atoms with Crippen LogP contribution in [0.25, 0.3) is 11.2 Å². The summed E-state index contributed by atoms with van der Waals surface area (Å²) < 4.78 is 1.71. The highest BCUT2D eigenvalue weighted by atomic mass is 35.5. The third-order valence-corrected chi connectivity index (χ3v) is 4.57. The molecular weight excluding hydrogens is 340 g/mol. The number of piperidine rings is 1. The van der Waals surface area contributed by atoms with Gasteiger partial charge in [0.15, 0.2) is 11.2 Å². The summed E-state index contributed by atoms with van der Waals surface area (Å²) in [4.78, 5) is 19.9. The van der Waals surface area contributed by atoms with Gasteiger partial charge in [0.2, 0.25) is 0 Å². The molecule has 0 radical (unpaired) electrons. The summed E-state index contributed by atoms with van der Waals surface area (Å²) in [6, 6.07) is 8.25. The molecule has 0 saturated carbocycles. The zero-order valence-electron chi connectivity index (χ0n) is 14.0. The molecule has 1 aliphatic heterocycles. The molecule has 7 nitrogen and oxygen atoms in total. The van der Waals surface area contributed by atoms with Gasteiger partial charge >= 0.3 is 0 Å². The molecule has 0 amide bonds. The predicted octanol–water partition coefficient (Wildman–Crippen LogP) is 1.76. The van der Waals surface area contributed by atoms with Gasteiger partial charge in [-0.2, -0.15) is 0 Å². The molecule has 1 aliphatic rings. The zero-order valence-corrected chi connectivity index (χ0v) is 14.8. The first kappa shape index (κ1) is 17.6. The summed E-state index contributed by atoms with van der Waals surface area (Å²) in [5.41, 5.74) is 2.99. The van der Waals surface area contributed by atoms with E-state index in [9.17, 15) is 4.79 Å². The molecule has 2 aromatic heterocycles. The summed E-state index contributed by atoms with van der Waals surface area (Å²) in [7, 11) is 0. The van der Waals surface area contributed by atoms with Crippen LogP contribution in [0.1, 0.15) is 35.7 Å². The maximum atomic E-state index is 12.3. The Balaban J connectivity index is 0.00000182. The van der Waals surface area contributed by atoms with Gasteiger partial charge in [-0.05, 0) is 38.4 Å². The second-order valence-corrected chi connectivity index (χ2v) is 6.38. The van der Waals surface area contributed by atoms with Crippen LogP contribution in [0.3, 0.4) is 0 Å². The first-order valence-corrected chi connectivity index (χ1v) is 8.30. The molecule has 0 spiro atoms. The molecule has 0 atom stereocenters. The quantitative estimate of drug-likeness (QED) is 0.743. The van der Waals surface area contributed by atoms with Crippen molar-refractivity contribution in [3.05, 3.63) is 51.6 Å². The Bertz CT molecular complexity index is 911. The van der Waals surface area contributed by atoms with Crippen LogP contribution in [-0.2, 0) is 6.54 Å². The highest BCUT2D eigenvalue weighted by Crippen LogP contribution is 2.22. The lowest BCUT2D eigenvalue weighted by atomic mass is 9.97. The maximum Gasteiger partial charge on any atom is 0.281 e. The van der Waals surface area contributed by atoms with E-state index in [1.807, 2.05) is 0 Å². The van der Waals surface area contributed by atoms with Crippen LogP contribution in [0.4, 0.5) is 0 Å². The monoisotopic (exact) mass is 360 g/mol. The summed E-state index contributed by atoms with van der Waals surface area (Å²) >= 11 is 0. The number of H-pyrrole nitrogens is 1. The number of hydrogen-bond donors (Lipinski definition) is 2. The number of aromatic nitrogens is 5. The fourth-order valence-corrected chi connectivity index (χ4v) is 3.14. The third-order valence-electron chi connectivity index (χ3n) is 4.57. The van der Waals surface area contributed by atoms with Gasteiger partial charge in [-0.1, -0.05) is 35.0 Å². The first-order valence-electron chi connectivity index (χ1n) is 8.30. The second kappa shape index (κ2) is 7.33. The molecule has 0 bridgehead atoms. The number of rotatable bonds is 3. The molecule has 2 N–H and O–H groups in total. The van der Waals surface area contributed by atoms with Gasteiger partial charge in [0, 0.05) is 5.92 Å². The van der Waals surface area contributed by atoms with Crippen LogP contribution < -0.4 is 10.9 Å². The topological polar surface area (TPSA) is 88.5 Å². The van der Waals surface area contributed by atoms with Crippen LogP contribution in [0.2, 0.25) is 0 Å². The summed E-state index contributed by atoms with van der Waals surface area (Å²) in [5.74, 6) is 1.03. The Hall–Kier alpha value is -2.25. The summed E-state index contributed by atoms with van der Waals surface area (Å²) in [6.45, 7) is 4.51. The van der Waals surface area contributed by atoms with E-state index in [2.05, 4.69) is 56.8 Å². The van der Waals surface area contributed by atoms with E-state index >= 15 is 0 Å². The molecule has 4 rings (SSSR count). The molecule has 0 unspecified atom stereocenters. The van der Waals surface area contributed by atoms with Gasteiger partial charge in [-0.3, -0.25) is 4.79 Å². The van der Waals surface area contributed by atoms with E-state index in [0.717, 1.165) is 37.3 Å². The molecule has 25 heavy (non-hydrogen) atoms. The second-order valence-electron chi connectivity index (χ2n) is 6.38. The summed E-state index contributed by atoms with van der Waals surface area (Å²) in [6.07, 6.45) is 1.96. The van der Waals surface area contributed by atoms with E-state index in [4.69, 9.17) is 0 Å². The first-order chi connectivity index (χ1) is 11.7. The van der Waals surface area contributed by atoms with Crippen LogP contribution >= 0.6 is 12.4 Å². The SMILES string of the molecule is Cc1ccc(Cn2nnc3c(=O)[nH]c(C4CCNCC4)nc32)cc1.Cl. The minimum absolute atomic E-state index is 0. The van der Waals surface area contributed by atoms with E-state index in [0.29, 0.717) is 17.7 Å². The fraction of sp³-hybridized carbons (Fsp3) is 0.412. The lowest BCUT2D eigenvalue weighted by molar-refractivity contribution is 0.444. The van der Waals surface area contributed by atoms with Gasteiger partial charge in [-0.15, -0.1) is 17.5 Å². The van der Waals surface area contributed by atoms with E-state index in [1.165, 1.54) is 5.56 Å². The smallest absolute Gasteiger partial charge is 0.281 e. The standard InChI is InChI=1S/C17H20N6O.ClH/c1-11-2-4-12(5-3-11)10-23-16-14(21-22-23)17(24)20-15(19-16)13-6-8-18-9-7-13;/h2-5,13,18H,6-10H2,1H3,(H,19,20,24);1H. The molecule has 1 fully saturated rings. The minimum atomic E-state index is -0.205. The van der Waals surface area contributed by atoms with Gasteiger partial charge in [0.25, 0.3) is 5.56 Å². The number of benzene rings is 1. The van der Waals surface area contributed by atoms with Crippen molar-refractivity contribution in [2.24, 2.45) is 0 Å². The van der Waals surface area contributed by atoms with Gasteiger partial charge in [0.1, 0.15) is 5.82 Å².